The Labute approximate surface area is 128 Å². The number of nitrogens with two attached hydrogens (primary N) is 1. The summed E-state index contributed by atoms with van der Waals surface area (Å²) in [7, 11) is 0. The first-order valence-electron chi connectivity index (χ1n) is 6.31. The fourth-order valence-corrected chi connectivity index (χ4v) is 3.42. The van der Waals surface area contributed by atoms with E-state index in [9.17, 15) is 0 Å². The van der Waals surface area contributed by atoms with Crippen LogP contribution in [-0.2, 0) is 5.75 Å². The van der Waals surface area contributed by atoms with Gasteiger partial charge in [-0.3, -0.25) is 0 Å². The standard InChI is InChI=1S/C15H17N3S2/c1-10-11(2)17-15(18-12(10)3)20-9-14-7-13(8-19-14)5-4-6-16/h7-8H,6,9,16H2,1-3H3. The maximum atomic E-state index is 5.37. The van der Waals surface area contributed by atoms with Crippen LogP contribution in [0.5, 0.6) is 0 Å². The van der Waals surface area contributed by atoms with E-state index in [-0.39, 0.29) is 0 Å². The lowest BCUT2D eigenvalue weighted by Gasteiger charge is -2.05. The van der Waals surface area contributed by atoms with Crippen LogP contribution in [0, 0.1) is 32.6 Å². The number of nitrogens with zero attached hydrogens (tertiary/aromatic N) is 2. The lowest BCUT2D eigenvalue weighted by molar-refractivity contribution is 0.881. The Balaban J connectivity index is 2.03. The monoisotopic (exact) mass is 303 g/mol. The highest BCUT2D eigenvalue weighted by Gasteiger charge is 2.06. The summed E-state index contributed by atoms with van der Waals surface area (Å²) in [6.07, 6.45) is 0. The van der Waals surface area contributed by atoms with Crippen LogP contribution < -0.4 is 5.73 Å². The van der Waals surface area contributed by atoms with Crippen LogP contribution in [-0.4, -0.2) is 16.5 Å². The normalized spacial score (nSPS) is 10.2. The van der Waals surface area contributed by atoms with E-state index in [1.165, 1.54) is 10.4 Å². The molecule has 0 fully saturated rings. The Morgan fingerprint density at radius 1 is 1.25 bits per heavy atom. The Hall–Kier alpha value is -1.35. The number of rotatable bonds is 3. The molecular formula is C15H17N3S2. The van der Waals surface area contributed by atoms with E-state index in [0.717, 1.165) is 27.9 Å². The fraction of sp³-hybridized carbons (Fsp3) is 0.333. The molecule has 0 unspecified atom stereocenters. The van der Waals surface area contributed by atoms with Crippen LogP contribution in [0.15, 0.2) is 16.6 Å². The minimum Gasteiger partial charge on any atom is -0.320 e. The third-order valence-corrected chi connectivity index (χ3v) is 4.96. The number of hydrogen-bond acceptors (Lipinski definition) is 5. The zero-order valence-corrected chi connectivity index (χ0v) is 13.5. The van der Waals surface area contributed by atoms with Crippen LogP contribution in [0.1, 0.15) is 27.4 Å². The molecule has 2 aromatic rings. The van der Waals surface area contributed by atoms with Crippen LogP contribution in [0.3, 0.4) is 0 Å². The second kappa shape index (κ2) is 6.89. The van der Waals surface area contributed by atoms with Gasteiger partial charge in [0.15, 0.2) is 5.16 Å². The summed E-state index contributed by atoms with van der Waals surface area (Å²) >= 11 is 3.37. The van der Waals surface area contributed by atoms with E-state index in [4.69, 9.17) is 5.73 Å². The molecule has 104 valence electrons. The minimum absolute atomic E-state index is 0.399. The molecule has 0 saturated heterocycles. The first kappa shape index (κ1) is 15.0. The molecule has 0 aliphatic rings. The van der Waals surface area contributed by atoms with Crippen molar-refractivity contribution in [3.8, 4) is 11.8 Å². The topological polar surface area (TPSA) is 51.8 Å². The van der Waals surface area contributed by atoms with Crippen LogP contribution in [0.2, 0.25) is 0 Å². The summed E-state index contributed by atoms with van der Waals surface area (Å²) < 4.78 is 0. The van der Waals surface area contributed by atoms with Crippen molar-refractivity contribution in [1.82, 2.24) is 9.97 Å². The maximum absolute atomic E-state index is 5.37. The summed E-state index contributed by atoms with van der Waals surface area (Å²) in [5, 5.41) is 2.90. The zero-order chi connectivity index (χ0) is 14.5. The Morgan fingerprint density at radius 3 is 2.60 bits per heavy atom. The zero-order valence-electron chi connectivity index (χ0n) is 11.9. The van der Waals surface area contributed by atoms with E-state index in [1.54, 1.807) is 23.1 Å². The molecule has 0 bridgehead atoms. The molecule has 0 atom stereocenters. The summed E-state index contributed by atoms with van der Waals surface area (Å²) in [6, 6.07) is 2.11. The van der Waals surface area contributed by atoms with Crippen molar-refractivity contribution in [1.29, 1.82) is 0 Å². The van der Waals surface area contributed by atoms with E-state index < -0.39 is 0 Å². The number of aryl methyl sites for hydroxylation is 2. The van der Waals surface area contributed by atoms with Gasteiger partial charge in [-0.15, -0.1) is 11.3 Å². The highest BCUT2D eigenvalue weighted by Crippen LogP contribution is 2.25. The SMILES string of the molecule is Cc1nc(SCc2cc(C#CCN)cs2)nc(C)c1C. The lowest BCUT2D eigenvalue weighted by Crippen LogP contribution is -1.97. The molecule has 0 spiro atoms. The third kappa shape index (κ3) is 3.83. The van der Waals surface area contributed by atoms with Crippen LogP contribution in [0.25, 0.3) is 0 Å². The van der Waals surface area contributed by atoms with E-state index in [0.29, 0.717) is 6.54 Å². The molecule has 0 saturated carbocycles. The minimum atomic E-state index is 0.399. The summed E-state index contributed by atoms with van der Waals surface area (Å²) in [5.41, 5.74) is 9.69. The van der Waals surface area contributed by atoms with Crippen LogP contribution >= 0.6 is 23.1 Å². The largest absolute Gasteiger partial charge is 0.320 e. The summed E-state index contributed by atoms with van der Waals surface area (Å²) in [5.74, 6) is 6.78. The molecule has 3 nitrogen and oxygen atoms in total. The number of thioether (sulfide) groups is 1. The van der Waals surface area contributed by atoms with Gasteiger partial charge in [0, 0.05) is 33.0 Å². The molecule has 0 amide bonds. The Kier molecular flexibility index (Phi) is 5.18. The molecule has 20 heavy (non-hydrogen) atoms. The first-order chi connectivity index (χ1) is 9.60. The second-order valence-electron chi connectivity index (χ2n) is 4.40. The quantitative estimate of drug-likeness (QED) is 0.538. The van der Waals surface area contributed by atoms with Crippen molar-refractivity contribution >= 4 is 23.1 Å². The number of aromatic nitrogens is 2. The highest BCUT2D eigenvalue weighted by atomic mass is 32.2. The van der Waals surface area contributed by atoms with E-state index in [1.807, 2.05) is 13.8 Å². The number of hydrogen-bond donors (Lipinski definition) is 1. The molecule has 0 aromatic carbocycles. The molecular weight excluding hydrogens is 286 g/mol. The van der Waals surface area contributed by atoms with Gasteiger partial charge in [0.2, 0.25) is 0 Å². The molecule has 0 aliphatic carbocycles. The molecule has 0 radical (unpaired) electrons. The van der Waals surface area contributed by atoms with Gasteiger partial charge in [0.1, 0.15) is 0 Å². The summed E-state index contributed by atoms with van der Waals surface area (Å²) in [6.45, 7) is 6.51. The summed E-state index contributed by atoms with van der Waals surface area (Å²) in [4.78, 5) is 10.3. The van der Waals surface area contributed by atoms with Crippen molar-refractivity contribution in [2.75, 3.05) is 6.54 Å². The van der Waals surface area contributed by atoms with E-state index in [2.05, 4.69) is 40.2 Å². The third-order valence-electron chi connectivity index (χ3n) is 2.94. The van der Waals surface area contributed by atoms with Crippen molar-refractivity contribution in [2.45, 2.75) is 31.7 Å². The van der Waals surface area contributed by atoms with Gasteiger partial charge < -0.3 is 5.73 Å². The number of thiophene rings is 1. The first-order valence-corrected chi connectivity index (χ1v) is 8.17. The maximum Gasteiger partial charge on any atom is 0.188 e. The van der Waals surface area contributed by atoms with Crippen molar-refractivity contribution in [3.63, 3.8) is 0 Å². The van der Waals surface area contributed by atoms with Gasteiger partial charge in [-0.2, -0.15) is 0 Å². The predicted octanol–water partition coefficient (Wildman–Crippen LogP) is 3.07. The average Bonchev–Trinajstić information content (AvgIpc) is 2.88. The van der Waals surface area contributed by atoms with Gasteiger partial charge in [-0.25, -0.2) is 9.97 Å². The Morgan fingerprint density at radius 2 is 1.95 bits per heavy atom. The van der Waals surface area contributed by atoms with Crippen LogP contribution in [0.4, 0.5) is 0 Å². The molecule has 2 rings (SSSR count). The van der Waals surface area contributed by atoms with Gasteiger partial charge in [-0.1, -0.05) is 23.6 Å². The fourth-order valence-electron chi connectivity index (χ4n) is 1.62. The Bertz CT molecular complexity index is 642. The average molecular weight is 303 g/mol. The molecule has 2 aromatic heterocycles. The molecule has 2 N–H and O–H groups in total. The molecule has 0 aliphatic heterocycles. The van der Waals surface area contributed by atoms with Crippen molar-refractivity contribution in [2.24, 2.45) is 5.73 Å². The van der Waals surface area contributed by atoms with Crippen molar-refractivity contribution < 1.29 is 0 Å². The smallest absolute Gasteiger partial charge is 0.188 e. The molecule has 5 heteroatoms. The second-order valence-corrected chi connectivity index (χ2v) is 6.34. The predicted molar refractivity (Wildman–Crippen MR) is 86.1 cm³/mol. The molecule has 2 heterocycles. The lowest BCUT2D eigenvalue weighted by atomic mass is 10.2. The van der Waals surface area contributed by atoms with Gasteiger partial charge in [0.25, 0.3) is 0 Å². The van der Waals surface area contributed by atoms with Crippen molar-refractivity contribution in [3.05, 3.63) is 38.8 Å². The van der Waals surface area contributed by atoms with Gasteiger partial charge in [-0.05, 0) is 32.4 Å². The van der Waals surface area contributed by atoms with E-state index >= 15 is 0 Å². The van der Waals surface area contributed by atoms with Gasteiger partial charge in [0.05, 0.1) is 6.54 Å². The van der Waals surface area contributed by atoms with Gasteiger partial charge >= 0.3 is 0 Å². The highest BCUT2D eigenvalue weighted by molar-refractivity contribution is 7.98.